The van der Waals surface area contributed by atoms with Crippen molar-refractivity contribution in [1.82, 2.24) is 9.78 Å². The number of aromatic nitrogens is 2. The highest BCUT2D eigenvalue weighted by molar-refractivity contribution is 5.94. The molecule has 0 fully saturated rings. The fourth-order valence-corrected chi connectivity index (χ4v) is 3.25. The fourth-order valence-electron chi connectivity index (χ4n) is 3.25. The molecule has 1 N–H and O–H groups in total. The summed E-state index contributed by atoms with van der Waals surface area (Å²) in [5.74, 6) is 2.91. The van der Waals surface area contributed by atoms with Gasteiger partial charge in [-0.1, -0.05) is 0 Å². The highest BCUT2D eigenvalue weighted by atomic mass is 16.7. The molecular weight excluding hydrogens is 386 g/mol. The van der Waals surface area contributed by atoms with Crippen LogP contribution in [0.1, 0.15) is 12.5 Å². The first kappa shape index (κ1) is 19.6. The van der Waals surface area contributed by atoms with Gasteiger partial charge in [0.2, 0.25) is 6.79 Å². The van der Waals surface area contributed by atoms with Gasteiger partial charge in [-0.05, 0) is 50.2 Å². The largest absolute Gasteiger partial charge is 0.497 e. The minimum atomic E-state index is -0.718. The number of carbonyl (C=O) groups excluding carboxylic acids is 1. The predicted octanol–water partition coefficient (Wildman–Crippen LogP) is 3.54. The second kappa shape index (κ2) is 7.98. The molecule has 3 aromatic rings. The van der Waals surface area contributed by atoms with E-state index >= 15 is 0 Å². The van der Waals surface area contributed by atoms with Crippen LogP contribution in [0.5, 0.6) is 23.0 Å². The monoisotopic (exact) mass is 409 g/mol. The number of amides is 1. The Morgan fingerprint density at radius 1 is 1.13 bits per heavy atom. The molecule has 0 aliphatic carbocycles. The Morgan fingerprint density at radius 2 is 1.83 bits per heavy atom. The summed E-state index contributed by atoms with van der Waals surface area (Å²) in [7, 11) is 3.42. The molecule has 4 rings (SSSR count). The number of rotatable bonds is 6. The van der Waals surface area contributed by atoms with Gasteiger partial charge < -0.3 is 24.3 Å². The van der Waals surface area contributed by atoms with Gasteiger partial charge in [0, 0.05) is 24.2 Å². The zero-order chi connectivity index (χ0) is 21.3. The van der Waals surface area contributed by atoms with Crippen LogP contribution in [0.4, 0.5) is 5.82 Å². The molecule has 0 radical (unpaired) electrons. The molecule has 1 aliphatic heterocycles. The van der Waals surface area contributed by atoms with Crippen LogP contribution in [0.3, 0.4) is 0 Å². The SMILES string of the molecule is COc1ccc(-c2nn(C)c(NC(=O)[C@H](C)Oc3ccc4c(c3)OCO4)c2C)cc1. The Hall–Kier alpha value is -3.68. The lowest BCUT2D eigenvalue weighted by molar-refractivity contribution is -0.122. The van der Waals surface area contributed by atoms with Crippen molar-refractivity contribution in [2.45, 2.75) is 20.0 Å². The van der Waals surface area contributed by atoms with Gasteiger partial charge in [-0.3, -0.25) is 9.48 Å². The Balaban J connectivity index is 1.48. The van der Waals surface area contributed by atoms with E-state index in [-0.39, 0.29) is 12.7 Å². The molecule has 1 aromatic heterocycles. The summed E-state index contributed by atoms with van der Waals surface area (Å²) < 4.78 is 23.3. The highest BCUT2D eigenvalue weighted by Gasteiger charge is 2.21. The topological polar surface area (TPSA) is 83.8 Å². The molecule has 1 aliphatic rings. The maximum absolute atomic E-state index is 12.7. The van der Waals surface area contributed by atoms with Gasteiger partial charge in [-0.25, -0.2) is 0 Å². The molecule has 0 unspecified atom stereocenters. The van der Waals surface area contributed by atoms with Gasteiger partial charge in [-0.2, -0.15) is 5.10 Å². The van der Waals surface area contributed by atoms with E-state index in [0.717, 1.165) is 22.6 Å². The van der Waals surface area contributed by atoms with Gasteiger partial charge >= 0.3 is 0 Å². The van der Waals surface area contributed by atoms with Crippen LogP contribution >= 0.6 is 0 Å². The molecule has 1 amide bonds. The Bertz CT molecular complexity index is 1080. The van der Waals surface area contributed by atoms with E-state index < -0.39 is 6.10 Å². The molecule has 2 heterocycles. The third-order valence-corrected chi connectivity index (χ3v) is 4.92. The molecule has 8 nitrogen and oxygen atoms in total. The standard InChI is InChI=1S/C22H23N3O5/c1-13-20(15-5-7-16(27-4)8-6-15)24-25(3)21(13)23-22(26)14(2)30-17-9-10-18-19(11-17)29-12-28-18/h5-11,14H,12H2,1-4H3,(H,23,26)/t14-/m0/s1. The Morgan fingerprint density at radius 3 is 2.57 bits per heavy atom. The Kier molecular flexibility index (Phi) is 5.22. The average molecular weight is 409 g/mol. The van der Waals surface area contributed by atoms with E-state index in [1.807, 2.05) is 31.2 Å². The lowest BCUT2D eigenvalue weighted by Gasteiger charge is -2.15. The first-order chi connectivity index (χ1) is 14.5. The summed E-state index contributed by atoms with van der Waals surface area (Å²) in [4.78, 5) is 12.7. The first-order valence-electron chi connectivity index (χ1n) is 9.51. The number of nitrogens with zero attached hydrogens (tertiary/aromatic N) is 2. The molecule has 8 heteroatoms. The van der Waals surface area contributed by atoms with Crippen molar-refractivity contribution in [1.29, 1.82) is 0 Å². The molecule has 30 heavy (non-hydrogen) atoms. The zero-order valence-corrected chi connectivity index (χ0v) is 17.3. The lowest BCUT2D eigenvalue weighted by Crippen LogP contribution is -2.31. The molecule has 0 saturated heterocycles. The summed E-state index contributed by atoms with van der Waals surface area (Å²) >= 11 is 0. The van der Waals surface area contributed by atoms with Crippen molar-refractivity contribution in [2.24, 2.45) is 7.05 Å². The van der Waals surface area contributed by atoms with Crippen LogP contribution in [0.2, 0.25) is 0 Å². The highest BCUT2D eigenvalue weighted by Crippen LogP contribution is 2.35. The van der Waals surface area contributed by atoms with Gasteiger partial charge in [0.15, 0.2) is 17.6 Å². The Labute approximate surface area is 174 Å². The predicted molar refractivity (Wildman–Crippen MR) is 111 cm³/mol. The molecule has 0 saturated carbocycles. The van der Waals surface area contributed by atoms with Crippen molar-refractivity contribution in [2.75, 3.05) is 19.2 Å². The third kappa shape index (κ3) is 3.76. The van der Waals surface area contributed by atoms with E-state index in [1.54, 1.807) is 44.0 Å². The molecule has 0 spiro atoms. The van der Waals surface area contributed by atoms with Crippen LogP contribution in [0.15, 0.2) is 42.5 Å². The van der Waals surface area contributed by atoms with E-state index in [9.17, 15) is 4.79 Å². The summed E-state index contributed by atoms with van der Waals surface area (Å²) in [6.45, 7) is 3.80. The number of ether oxygens (including phenoxy) is 4. The lowest BCUT2D eigenvalue weighted by atomic mass is 10.1. The van der Waals surface area contributed by atoms with Crippen LogP contribution in [-0.2, 0) is 11.8 Å². The van der Waals surface area contributed by atoms with Crippen molar-refractivity contribution in [3.63, 3.8) is 0 Å². The fraction of sp³-hybridized carbons (Fsp3) is 0.273. The molecule has 1 atom stereocenters. The number of fused-ring (bicyclic) bond motifs is 1. The molecule has 0 bridgehead atoms. The first-order valence-corrected chi connectivity index (χ1v) is 9.51. The minimum Gasteiger partial charge on any atom is -0.497 e. The number of nitrogens with one attached hydrogen (secondary N) is 1. The number of carbonyl (C=O) groups is 1. The van der Waals surface area contributed by atoms with E-state index in [4.69, 9.17) is 18.9 Å². The van der Waals surface area contributed by atoms with Gasteiger partial charge in [-0.15, -0.1) is 0 Å². The van der Waals surface area contributed by atoms with E-state index in [1.165, 1.54) is 0 Å². The summed E-state index contributed by atoms with van der Waals surface area (Å²) in [6, 6.07) is 12.8. The maximum atomic E-state index is 12.7. The zero-order valence-electron chi connectivity index (χ0n) is 17.3. The van der Waals surface area contributed by atoms with Gasteiger partial charge in [0.25, 0.3) is 5.91 Å². The second-order valence-corrected chi connectivity index (χ2v) is 6.94. The van der Waals surface area contributed by atoms with Crippen molar-refractivity contribution in [3.05, 3.63) is 48.0 Å². The number of anilines is 1. The summed E-state index contributed by atoms with van der Waals surface area (Å²) in [6.07, 6.45) is -0.718. The van der Waals surface area contributed by atoms with Gasteiger partial charge in [0.05, 0.1) is 12.8 Å². The third-order valence-electron chi connectivity index (χ3n) is 4.92. The molecule has 156 valence electrons. The van der Waals surface area contributed by atoms with Crippen LogP contribution in [0, 0.1) is 6.92 Å². The van der Waals surface area contributed by atoms with Crippen molar-refractivity contribution in [3.8, 4) is 34.3 Å². The summed E-state index contributed by atoms with van der Waals surface area (Å²) in [5, 5.41) is 7.48. The molecular formula is C22H23N3O5. The van der Waals surface area contributed by atoms with Crippen LogP contribution in [0.25, 0.3) is 11.3 Å². The number of methoxy groups -OCH3 is 1. The number of benzene rings is 2. The quantitative estimate of drug-likeness (QED) is 0.671. The number of hydrogen-bond donors (Lipinski definition) is 1. The van der Waals surface area contributed by atoms with E-state index in [2.05, 4.69) is 10.4 Å². The average Bonchev–Trinajstić information content (AvgIpc) is 3.33. The smallest absolute Gasteiger partial charge is 0.266 e. The van der Waals surface area contributed by atoms with Gasteiger partial charge in [0.1, 0.15) is 17.3 Å². The van der Waals surface area contributed by atoms with Crippen molar-refractivity contribution >= 4 is 11.7 Å². The summed E-state index contributed by atoms with van der Waals surface area (Å²) in [5.41, 5.74) is 2.60. The normalized spacial score (nSPS) is 13.1. The van der Waals surface area contributed by atoms with Crippen LogP contribution in [-0.4, -0.2) is 35.7 Å². The number of hydrogen-bond acceptors (Lipinski definition) is 6. The molecule has 2 aromatic carbocycles. The van der Waals surface area contributed by atoms with Crippen LogP contribution < -0.4 is 24.3 Å². The minimum absolute atomic E-state index is 0.186. The number of aryl methyl sites for hydroxylation is 1. The maximum Gasteiger partial charge on any atom is 0.266 e. The second-order valence-electron chi connectivity index (χ2n) is 6.94. The van der Waals surface area contributed by atoms with Crippen molar-refractivity contribution < 1.29 is 23.7 Å². The van der Waals surface area contributed by atoms with E-state index in [0.29, 0.717) is 23.1 Å².